The molecule has 13 heteroatoms. The maximum Gasteiger partial charge on any atom is 0.397 e. The van der Waals surface area contributed by atoms with E-state index in [-0.39, 0.29) is 53.5 Å². The molecule has 2 aromatic rings. The highest BCUT2D eigenvalue weighted by atomic mass is 35.5. The van der Waals surface area contributed by atoms with Crippen LogP contribution in [0.3, 0.4) is 0 Å². The van der Waals surface area contributed by atoms with E-state index in [1.807, 2.05) is 0 Å². The maximum atomic E-state index is 13.5. The van der Waals surface area contributed by atoms with Gasteiger partial charge < -0.3 is 20.3 Å². The van der Waals surface area contributed by atoms with Gasteiger partial charge in [-0.2, -0.15) is 27.1 Å². The van der Waals surface area contributed by atoms with Crippen LogP contribution in [0.15, 0.2) is 18.2 Å². The van der Waals surface area contributed by atoms with Gasteiger partial charge >= 0.3 is 12.8 Å². The third kappa shape index (κ3) is 5.88. The molecular weight excluding hydrogens is 549 g/mol. The molecule has 2 fully saturated rings. The van der Waals surface area contributed by atoms with E-state index in [9.17, 15) is 37.0 Å². The van der Waals surface area contributed by atoms with Crippen LogP contribution in [0.2, 0.25) is 5.02 Å². The van der Waals surface area contributed by atoms with Crippen LogP contribution < -0.4 is 10.1 Å². The van der Waals surface area contributed by atoms with Crippen molar-refractivity contribution in [3.63, 3.8) is 0 Å². The van der Waals surface area contributed by atoms with Crippen molar-refractivity contribution >= 4 is 17.5 Å². The number of rotatable bonds is 9. The Labute approximate surface area is 227 Å². The standard InChI is InChI=1S/C26H31ClF5N3O4/c1-3-35-20(18(27)19(34-35)22(37)33-13-24(38)8-6-14(2)7-9-24)16-5-4-15(12-17(16)39-23(28)29)21(36)25(10-11-25)26(30,31)32/h4-5,12,14,21,23,36,38H,3,6-11,13H2,1-2H3,(H,33,37). The molecule has 1 heterocycles. The Morgan fingerprint density at radius 1 is 1.26 bits per heavy atom. The van der Waals surface area contributed by atoms with Crippen molar-refractivity contribution in [2.45, 2.75) is 83.4 Å². The van der Waals surface area contributed by atoms with Gasteiger partial charge in [-0.05, 0) is 69.1 Å². The lowest BCUT2D eigenvalue weighted by molar-refractivity contribution is -0.215. The van der Waals surface area contributed by atoms with Crippen molar-refractivity contribution in [1.29, 1.82) is 0 Å². The second kappa shape index (κ2) is 10.9. The second-order valence-electron chi connectivity index (χ2n) is 10.6. The summed E-state index contributed by atoms with van der Waals surface area (Å²) in [6.07, 6.45) is -4.53. The number of alkyl halides is 5. The Morgan fingerprint density at radius 2 is 1.90 bits per heavy atom. The molecular formula is C26H31ClF5N3O4. The molecule has 216 valence electrons. The topological polar surface area (TPSA) is 96.6 Å². The Kier molecular flexibility index (Phi) is 8.22. The summed E-state index contributed by atoms with van der Waals surface area (Å²) in [6.45, 7) is 0.589. The number of nitrogens with one attached hydrogen (secondary N) is 1. The third-order valence-corrected chi connectivity index (χ3v) is 8.22. The first-order valence-electron chi connectivity index (χ1n) is 12.8. The smallest absolute Gasteiger partial charge is 0.397 e. The van der Waals surface area contributed by atoms with Gasteiger partial charge in [0.05, 0.1) is 27.8 Å². The third-order valence-electron chi connectivity index (χ3n) is 7.86. The van der Waals surface area contributed by atoms with Crippen LogP contribution in [0, 0.1) is 11.3 Å². The number of ether oxygens (including phenoxy) is 1. The highest BCUT2D eigenvalue weighted by Crippen LogP contribution is 2.64. The molecule has 2 saturated carbocycles. The fourth-order valence-electron chi connectivity index (χ4n) is 5.14. The zero-order chi connectivity index (χ0) is 28.8. The van der Waals surface area contributed by atoms with Crippen molar-refractivity contribution in [3.05, 3.63) is 34.5 Å². The maximum absolute atomic E-state index is 13.5. The largest absolute Gasteiger partial charge is 0.434 e. The van der Waals surface area contributed by atoms with E-state index in [1.54, 1.807) is 6.92 Å². The van der Waals surface area contributed by atoms with Crippen molar-refractivity contribution in [2.24, 2.45) is 11.3 Å². The van der Waals surface area contributed by atoms with Crippen molar-refractivity contribution < 1.29 is 41.7 Å². The van der Waals surface area contributed by atoms with Gasteiger partial charge in [0.1, 0.15) is 5.75 Å². The molecule has 1 amide bonds. The van der Waals surface area contributed by atoms with Gasteiger partial charge in [-0.3, -0.25) is 9.48 Å². The number of carbonyl (C=O) groups excluding carboxylic acids is 1. The molecule has 1 unspecified atom stereocenters. The molecule has 2 aliphatic rings. The fourth-order valence-corrected chi connectivity index (χ4v) is 5.46. The number of halogens is 6. The molecule has 1 aromatic heterocycles. The summed E-state index contributed by atoms with van der Waals surface area (Å²) in [5.74, 6) is -0.711. The van der Waals surface area contributed by atoms with E-state index in [0.717, 1.165) is 18.9 Å². The highest BCUT2D eigenvalue weighted by Gasteiger charge is 2.67. The van der Waals surface area contributed by atoms with Crippen LogP contribution in [-0.4, -0.2) is 50.8 Å². The number of aromatic nitrogens is 2. The van der Waals surface area contributed by atoms with Crippen LogP contribution in [0.4, 0.5) is 22.0 Å². The first-order chi connectivity index (χ1) is 18.2. The number of amides is 1. The van der Waals surface area contributed by atoms with Gasteiger partial charge in [0.15, 0.2) is 5.69 Å². The first-order valence-corrected chi connectivity index (χ1v) is 13.2. The number of hydrogen-bond acceptors (Lipinski definition) is 5. The first kappa shape index (κ1) is 29.5. The Hall–Kier alpha value is -2.44. The predicted molar refractivity (Wildman–Crippen MR) is 133 cm³/mol. The molecule has 3 N–H and O–H groups in total. The minimum absolute atomic E-state index is 0.0174. The van der Waals surface area contributed by atoms with Gasteiger partial charge in [-0.25, -0.2) is 0 Å². The van der Waals surface area contributed by atoms with Gasteiger partial charge in [0.25, 0.3) is 5.91 Å². The molecule has 0 saturated heterocycles. The zero-order valence-electron chi connectivity index (χ0n) is 21.5. The predicted octanol–water partition coefficient (Wildman–Crippen LogP) is 5.87. The molecule has 4 rings (SSSR count). The van der Waals surface area contributed by atoms with E-state index in [1.165, 1.54) is 16.8 Å². The van der Waals surface area contributed by atoms with Crippen LogP contribution in [-0.2, 0) is 6.54 Å². The van der Waals surface area contributed by atoms with Crippen LogP contribution in [0.5, 0.6) is 5.75 Å². The summed E-state index contributed by atoms with van der Waals surface area (Å²) in [4.78, 5) is 13.0. The lowest BCUT2D eigenvalue weighted by Crippen LogP contribution is -2.45. The summed E-state index contributed by atoms with van der Waals surface area (Å²) in [5, 5.41) is 28.0. The lowest BCUT2D eigenvalue weighted by Gasteiger charge is -2.34. The van der Waals surface area contributed by atoms with Crippen molar-refractivity contribution in [2.75, 3.05) is 6.54 Å². The molecule has 39 heavy (non-hydrogen) atoms. The van der Waals surface area contributed by atoms with E-state index in [4.69, 9.17) is 11.6 Å². The number of nitrogens with zero attached hydrogens (tertiary/aromatic N) is 2. The van der Waals surface area contributed by atoms with E-state index >= 15 is 0 Å². The molecule has 1 atom stereocenters. The van der Waals surface area contributed by atoms with Crippen molar-refractivity contribution in [1.82, 2.24) is 15.1 Å². The SMILES string of the molecule is CCn1nc(C(=O)NCC2(O)CCC(C)CC2)c(Cl)c1-c1ccc(C(O)C2(C(F)(F)F)CC2)cc1OC(F)F. The summed E-state index contributed by atoms with van der Waals surface area (Å²) in [5.41, 5.74) is -3.84. The zero-order valence-corrected chi connectivity index (χ0v) is 22.3. The highest BCUT2D eigenvalue weighted by molar-refractivity contribution is 6.36. The van der Waals surface area contributed by atoms with Gasteiger partial charge in [0, 0.05) is 18.7 Å². The number of aliphatic hydroxyl groups is 2. The minimum Gasteiger partial charge on any atom is -0.434 e. The molecule has 0 bridgehead atoms. The average molecular weight is 580 g/mol. The Bertz CT molecular complexity index is 1210. The quantitative estimate of drug-likeness (QED) is 0.323. The monoisotopic (exact) mass is 579 g/mol. The second-order valence-corrected chi connectivity index (χ2v) is 11.0. The Balaban J connectivity index is 1.65. The molecule has 1 aromatic carbocycles. The normalized spacial score (nSPS) is 23.5. The number of aliphatic hydroxyl groups excluding tert-OH is 1. The van der Waals surface area contributed by atoms with E-state index in [0.29, 0.717) is 18.8 Å². The molecule has 2 aliphatic carbocycles. The van der Waals surface area contributed by atoms with Gasteiger partial charge in [-0.1, -0.05) is 24.6 Å². The van der Waals surface area contributed by atoms with Crippen LogP contribution >= 0.6 is 11.6 Å². The van der Waals surface area contributed by atoms with E-state index in [2.05, 4.69) is 22.1 Å². The number of benzene rings is 1. The number of carbonyl (C=O) groups is 1. The van der Waals surface area contributed by atoms with Gasteiger partial charge in [-0.15, -0.1) is 0 Å². The fraction of sp³-hybridized carbons (Fsp3) is 0.615. The lowest BCUT2D eigenvalue weighted by atomic mass is 9.79. The molecule has 0 aliphatic heterocycles. The summed E-state index contributed by atoms with van der Waals surface area (Å²) >= 11 is 6.52. The summed E-state index contributed by atoms with van der Waals surface area (Å²) in [7, 11) is 0. The summed E-state index contributed by atoms with van der Waals surface area (Å²) in [6, 6.07) is 3.33. The van der Waals surface area contributed by atoms with Crippen LogP contribution in [0.1, 0.15) is 74.5 Å². The van der Waals surface area contributed by atoms with Gasteiger partial charge in [0.2, 0.25) is 0 Å². The van der Waals surface area contributed by atoms with Crippen LogP contribution in [0.25, 0.3) is 11.3 Å². The average Bonchev–Trinajstić information content (AvgIpc) is 3.63. The van der Waals surface area contributed by atoms with Crippen molar-refractivity contribution in [3.8, 4) is 17.0 Å². The number of aryl methyl sites for hydroxylation is 1. The van der Waals surface area contributed by atoms with E-state index < -0.39 is 41.6 Å². The minimum atomic E-state index is -4.68. The number of hydrogen-bond donors (Lipinski definition) is 3. The molecule has 0 spiro atoms. The Morgan fingerprint density at radius 3 is 2.44 bits per heavy atom. The summed E-state index contributed by atoms with van der Waals surface area (Å²) < 4.78 is 73.2. The molecule has 0 radical (unpaired) electrons. The molecule has 7 nitrogen and oxygen atoms in total.